The second-order valence-electron chi connectivity index (χ2n) is 4.50. The Morgan fingerprint density at radius 1 is 1.45 bits per heavy atom. The van der Waals surface area contributed by atoms with Gasteiger partial charge in [0, 0.05) is 19.3 Å². The van der Waals surface area contributed by atoms with E-state index in [2.05, 4.69) is 10.3 Å². The number of carbonyl (C=O) groups is 2. The van der Waals surface area contributed by atoms with E-state index in [4.69, 9.17) is 4.74 Å². The number of nitrogens with zero attached hydrogens (tertiary/aromatic N) is 2. The molecule has 20 heavy (non-hydrogen) atoms. The highest BCUT2D eigenvalue weighted by Gasteiger charge is 2.25. The Morgan fingerprint density at radius 3 is 2.80 bits per heavy atom. The highest BCUT2D eigenvalue weighted by Crippen LogP contribution is 2.12. The normalized spacial score (nSPS) is 16.6. The number of rotatable bonds is 3. The van der Waals surface area contributed by atoms with E-state index in [1.807, 2.05) is 0 Å². The number of carbonyl (C=O) groups excluding carboxylic acids is 2. The van der Waals surface area contributed by atoms with Crippen LogP contribution in [0.1, 0.15) is 17.4 Å². The lowest BCUT2D eigenvalue weighted by molar-refractivity contribution is -0.136. The Morgan fingerprint density at radius 2 is 2.15 bits per heavy atom. The van der Waals surface area contributed by atoms with Crippen molar-refractivity contribution in [2.45, 2.75) is 13.0 Å². The number of amides is 2. The first-order chi connectivity index (χ1) is 9.59. The van der Waals surface area contributed by atoms with Gasteiger partial charge in [-0.15, -0.1) is 0 Å². The number of hydrogen-bond donors (Lipinski definition) is 2. The molecule has 0 spiro atoms. The van der Waals surface area contributed by atoms with Gasteiger partial charge in [0.1, 0.15) is 11.8 Å². The maximum Gasteiger partial charge on any atom is 0.274 e. The second kappa shape index (κ2) is 6.33. The highest BCUT2D eigenvalue weighted by atomic mass is 16.5. The van der Waals surface area contributed by atoms with Crippen LogP contribution in [-0.2, 0) is 9.53 Å². The number of morpholine rings is 1. The van der Waals surface area contributed by atoms with E-state index in [1.165, 1.54) is 18.3 Å². The predicted octanol–water partition coefficient (Wildman–Crippen LogP) is -0.236. The molecule has 7 nitrogen and oxygen atoms in total. The third-order valence-electron chi connectivity index (χ3n) is 3.04. The lowest BCUT2D eigenvalue weighted by atomic mass is 10.2. The van der Waals surface area contributed by atoms with E-state index >= 15 is 0 Å². The van der Waals surface area contributed by atoms with Crippen LogP contribution in [0.3, 0.4) is 0 Å². The molecule has 2 N–H and O–H groups in total. The number of aromatic nitrogens is 1. The van der Waals surface area contributed by atoms with E-state index in [0.717, 1.165) is 0 Å². The van der Waals surface area contributed by atoms with E-state index in [1.54, 1.807) is 11.8 Å². The molecular weight excluding hydrogens is 262 g/mol. The zero-order valence-electron chi connectivity index (χ0n) is 11.2. The predicted molar refractivity (Wildman–Crippen MR) is 70.2 cm³/mol. The quantitative estimate of drug-likeness (QED) is 0.797. The molecule has 2 amide bonds. The maximum atomic E-state index is 12.1. The Balaban J connectivity index is 1.97. The van der Waals surface area contributed by atoms with E-state index in [0.29, 0.717) is 26.3 Å². The lowest BCUT2D eigenvalue weighted by Gasteiger charge is -2.29. The molecule has 1 aliphatic heterocycles. The van der Waals surface area contributed by atoms with Crippen LogP contribution in [0.5, 0.6) is 5.75 Å². The fraction of sp³-hybridized carbons (Fsp3) is 0.462. The van der Waals surface area contributed by atoms with Crippen molar-refractivity contribution in [2.24, 2.45) is 0 Å². The molecule has 0 aliphatic carbocycles. The van der Waals surface area contributed by atoms with Gasteiger partial charge >= 0.3 is 0 Å². The average Bonchev–Trinajstić information content (AvgIpc) is 2.47. The third kappa shape index (κ3) is 3.24. The molecule has 0 aromatic carbocycles. The first kappa shape index (κ1) is 14.3. The molecule has 0 radical (unpaired) electrons. The molecule has 1 aromatic heterocycles. The van der Waals surface area contributed by atoms with E-state index in [-0.39, 0.29) is 17.4 Å². The Labute approximate surface area is 116 Å². The van der Waals surface area contributed by atoms with Gasteiger partial charge in [-0.2, -0.15) is 0 Å². The molecule has 7 heteroatoms. The molecule has 0 bridgehead atoms. The van der Waals surface area contributed by atoms with E-state index < -0.39 is 11.9 Å². The smallest absolute Gasteiger partial charge is 0.274 e. The zero-order chi connectivity index (χ0) is 14.5. The molecule has 2 rings (SSSR count). The summed E-state index contributed by atoms with van der Waals surface area (Å²) in [6, 6.07) is 2.21. The molecule has 1 aliphatic rings. The van der Waals surface area contributed by atoms with Crippen LogP contribution in [0.15, 0.2) is 18.3 Å². The van der Waals surface area contributed by atoms with Gasteiger partial charge in [0.2, 0.25) is 5.91 Å². The average molecular weight is 279 g/mol. The van der Waals surface area contributed by atoms with Crippen LogP contribution < -0.4 is 5.32 Å². The maximum absolute atomic E-state index is 12.1. The molecule has 1 atom stereocenters. The fourth-order valence-corrected chi connectivity index (χ4v) is 1.96. The first-order valence-corrected chi connectivity index (χ1v) is 6.41. The monoisotopic (exact) mass is 279 g/mol. The minimum Gasteiger partial charge on any atom is -0.505 e. The van der Waals surface area contributed by atoms with Gasteiger partial charge in [-0.3, -0.25) is 9.59 Å². The lowest BCUT2D eigenvalue weighted by Crippen LogP contribution is -2.50. The number of nitrogens with one attached hydrogen (secondary N) is 1. The fourth-order valence-electron chi connectivity index (χ4n) is 1.96. The zero-order valence-corrected chi connectivity index (χ0v) is 11.2. The van der Waals surface area contributed by atoms with Crippen molar-refractivity contribution in [3.05, 3.63) is 24.0 Å². The summed E-state index contributed by atoms with van der Waals surface area (Å²) in [5, 5.41) is 12.1. The van der Waals surface area contributed by atoms with Crippen molar-refractivity contribution in [2.75, 3.05) is 26.3 Å². The molecule has 0 saturated carbocycles. The van der Waals surface area contributed by atoms with Gasteiger partial charge in [0.15, 0.2) is 5.69 Å². The SMILES string of the molecule is CC(NC(=O)c1ncccc1O)C(=O)N1CCOCC1. The Hall–Kier alpha value is -2.15. The summed E-state index contributed by atoms with van der Waals surface area (Å²) in [6.45, 7) is 3.66. The van der Waals surface area contributed by atoms with Crippen LogP contribution in [0.4, 0.5) is 0 Å². The van der Waals surface area contributed by atoms with Crippen LogP contribution in [0.25, 0.3) is 0 Å². The van der Waals surface area contributed by atoms with Crippen molar-refractivity contribution in [3.63, 3.8) is 0 Å². The topological polar surface area (TPSA) is 91.8 Å². The second-order valence-corrected chi connectivity index (χ2v) is 4.50. The summed E-state index contributed by atoms with van der Waals surface area (Å²) in [5.41, 5.74) is -0.0888. The molecule has 1 unspecified atom stereocenters. The molecular formula is C13H17N3O4. The molecule has 2 heterocycles. The van der Waals surface area contributed by atoms with Gasteiger partial charge in [-0.1, -0.05) is 0 Å². The van der Waals surface area contributed by atoms with Gasteiger partial charge in [0.25, 0.3) is 5.91 Å². The summed E-state index contributed by atoms with van der Waals surface area (Å²) in [4.78, 5) is 29.5. The van der Waals surface area contributed by atoms with Gasteiger partial charge in [-0.25, -0.2) is 4.98 Å². The van der Waals surface area contributed by atoms with Crippen LogP contribution in [0.2, 0.25) is 0 Å². The summed E-state index contributed by atoms with van der Waals surface area (Å²) >= 11 is 0. The molecule has 1 aromatic rings. The summed E-state index contributed by atoms with van der Waals surface area (Å²) in [6.07, 6.45) is 1.41. The van der Waals surface area contributed by atoms with Crippen LogP contribution in [0, 0.1) is 0 Å². The minimum atomic E-state index is -0.679. The van der Waals surface area contributed by atoms with E-state index in [9.17, 15) is 14.7 Å². The molecule has 1 saturated heterocycles. The van der Waals surface area contributed by atoms with Crippen molar-refractivity contribution in [3.8, 4) is 5.75 Å². The summed E-state index contributed by atoms with van der Waals surface area (Å²) in [7, 11) is 0. The minimum absolute atomic E-state index is 0.0888. The Bertz CT molecular complexity index is 500. The summed E-state index contributed by atoms with van der Waals surface area (Å²) in [5.74, 6) is -0.953. The first-order valence-electron chi connectivity index (χ1n) is 6.41. The number of aromatic hydroxyl groups is 1. The van der Waals surface area contributed by atoms with Gasteiger partial charge in [-0.05, 0) is 19.1 Å². The number of ether oxygens (including phenoxy) is 1. The molecule has 108 valence electrons. The van der Waals surface area contributed by atoms with Gasteiger partial charge in [0.05, 0.1) is 13.2 Å². The third-order valence-corrected chi connectivity index (χ3v) is 3.04. The van der Waals surface area contributed by atoms with Crippen molar-refractivity contribution in [1.82, 2.24) is 15.2 Å². The Kier molecular flexibility index (Phi) is 4.52. The van der Waals surface area contributed by atoms with Crippen molar-refractivity contribution < 1.29 is 19.4 Å². The standard InChI is InChI=1S/C13H17N3O4/c1-9(13(19)16-5-7-20-8-6-16)15-12(18)11-10(17)3-2-4-14-11/h2-4,9,17H,5-8H2,1H3,(H,15,18). The number of pyridine rings is 1. The largest absolute Gasteiger partial charge is 0.505 e. The van der Waals surface area contributed by atoms with Crippen LogP contribution >= 0.6 is 0 Å². The molecule has 1 fully saturated rings. The number of hydrogen-bond acceptors (Lipinski definition) is 5. The summed E-state index contributed by atoms with van der Waals surface area (Å²) < 4.78 is 5.17. The van der Waals surface area contributed by atoms with Gasteiger partial charge < -0.3 is 20.1 Å². The van der Waals surface area contributed by atoms with Crippen molar-refractivity contribution in [1.29, 1.82) is 0 Å². The van der Waals surface area contributed by atoms with Crippen molar-refractivity contribution >= 4 is 11.8 Å². The van der Waals surface area contributed by atoms with Crippen LogP contribution in [-0.4, -0.2) is 59.1 Å². The highest BCUT2D eigenvalue weighted by molar-refractivity contribution is 5.97.